The van der Waals surface area contributed by atoms with Crippen LogP contribution in [-0.4, -0.2) is 29.2 Å². The normalized spacial score (nSPS) is 12.2. The molecule has 0 fully saturated rings. The highest BCUT2D eigenvalue weighted by molar-refractivity contribution is 6.76. The lowest BCUT2D eigenvalue weighted by atomic mass is 10.1. The first-order valence-corrected chi connectivity index (χ1v) is 15.6. The van der Waals surface area contributed by atoms with E-state index in [0.717, 1.165) is 27.4 Å². The molecule has 0 radical (unpaired) electrons. The summed E-state index contributed by atoms with van der Waals surface area (Å²) in [6, 6.07) is 20.8. The number of rotatable bonds is 8. The van der Waals surface area contributed by atoms with Crippen molar-refractivity contribution in [1.82, 2.24) is 14.5 Å². The van der Waals surface area contributed by atoms with Gasteiger partial charge in [0.15, 0.2) is 5.69 Å². The molecule has 0 spiro atoms. The zero-order valence-corrected chi connectivity index (χ0v) is 21.9. The average molecular weight is 510 g/mol. The largest absolute Gasteiger partial charge is 0.433 e. The summed E-state index contributed by atoms with van der Waals surface area (Å²) in [4.78, 5) is 9.02. The van der Waals surface area contributed by atoms with Gasteiger partial charge >= 0.3 is 6.18 Å². The monoisotopic (exact) mass is 509 g/mol. The lowest BCUT2D eigenvalue weighted by molar-refractivity contribution is -0.145. The van der Waals surface area contributed by atoms with Gasteiger partial charge in [-0.2, -0.15) is 13.2 Å². The van der Waals surface area contributed by atoms with E-state index >= 15 is 0 Å². The Morgan fingerprint density at radius 3 is 2.11 bits per heavy atom. The maximum atomic E-state index is 14.4. The minimum absolute atomic E-state index is 0.116. The van der Waals surface area contributed by atoms with E-state index < -0.39 is 19.9 Å². The topological polar surface area (TPSA) is 39.9 Å². The molecule has 0 saturated carbocycles. The average Bonchev–Trinajstić information content (AvgIpc) is 3.23. The van der Waals surface area contributed by atoms with Crippen LogP contribution in [0.5, 0.6) is 0 Å². The first-order valence-electron chi connectivity index (χ1n) is 11.9. The van der Waals surface area contributed by atoms with E-state index in [4.69, 9.17) is 4.74 Å². The number of aryl methyl sites for hydroxylation is 1. The number of pyridine rings is 1. The highest BCUT2D eigenvalue weighted by Crippen LogP contribution is 2.40. The van der Waals surface area contributed by atoms with Gasteiger partial charge in [-0.05, 0) is 25.1 Å². The molecule has 0 atom stereocenters. The highest BCUT2D eigenvalue weighted by Gasteiger charge is 2.40. The maximum Gasteiger partial charge on any atom is 0.433 e. The Labute approximate surface area is 210 Å². The zero-order valence-electron chi connectivity index (χ0n) is 20.9. The number of hydrogen-bond acceptors (Lipinski definition) is 3. The summed E-state index contributed by atoms with van der Waals surface area (Å²) in [7, 11) is -1.39. The first-order chi connectivity index (χ1) is 17.0. The number of benzene rings is 2. The second-order valence-corrected chi connectivity index (χ2v) is 15.7. The third-order valence-corrected chi connectivity index (χ3v) is 7.57. The second kappa shape index (κ2) is 10.4. The fourth-order valence-corrected chi connectivity index (χ4v) is 4.60. The summed E-state index contributed by atoms with van der Waals surface area (Å²) in [6.45, 7) is 8.78. The van der Waals surface area contributed by atoms with Gasteiger partial charge in [-0.1, -0.05) is 79.8 Å². The molecule has 0 bridgehead atoms. The molecule has 0 unspecified atom stereocenters. The van der Waals surface area contributed by atoms with Gasteiger partial charge in [-0.3, -0.25) is 9.55 Å². The van der Waals surface area contributed by atoms with E-state index in [1.54, 1.807) is 48.7 Å². The van der Waals surface area contributed by atoms with E-state index in [2.05, 4.69) is 29.6 Å². The maximum absolute atomic E-state index is 14.4. The molecule has 2 aromatic carbocycles. The third kappa shape index (κ3) is 6.12. The quantitative estimate of drug-likeness (QED) is 0.179. The standard InChI is InChI=1S/C28H30F3N3OSi/c1-20-10-12-21(13-11-20)24-15-14-23(18-32-24)27-33-25(22-8-6-5-7-9-22)26(28(29,30)31)34(27)19-35-16-17-36(2,3)4/h5-15,18H,16-17,19H2,1-4H3. The predicted octanol–water partition coefficient (Wildman–Crippen LogP) is 7.92. The fourth-order valence-electron chi connectivity index (χ4n) is 3.84. The van der Waals surface area contributed by atoms with E-state index in [1.807, 2.05) is 31.2 Å². The van der Waals surface area contributed by atoms with E-state index in [1.165, 1.54) is 0 Å². The van der Waals surface area contributed by atoms with Gasteiger partial charge in [0, 0.05) is 37.6 Å². The fraction of sp³-hybridized carbons (Fsp3) is 0.286. The van der Waals surface area contributed by atoms with Crippen LogP contribution in [0.4, 0.5) is 13.2 Å². The SMILES string of the molecule is Cc1ccc(-c2ccc(-c3nc(-c4ccccc4)c(C(F)(F)F)n3COCC[Si](C)(C)C)cn2)cc1. The number of hydrogen-bond donors (Lipinski definition) is 0. The molecule has 8 heteroatoms. The summed E-state index contributed by atoms with van der Waals surface area (Å²) >= 11 is 0. The zero-order chi connectivity index (χ0) is 25.9. The van der Waals surface area contributed by atoms with Crippen molar-refractivity contribution in [2.24, 2.45) is 0 Å². The summed E-state index contributed by atoms with van der Waals surface area (Å²) in [5, 5.41) is 0. The van der Waals surface area contributed by atoms with E-state index in [9.17, 15) is 13.2 Å². The van der Waals surface area contributed by atoms with Gasteiger partial charge in [0.1, 0.15) is 18.2 Å². The van der Waals surface area contributed by atoms with Crippen molar-refractivity contribution in [2.75, 3.05) is 6.61 Å². The van der Waals surface area contributed by atoms with Crippen LogP contribution >= 0.6 is 0 Å². The molecule has 2 aromatic heterocycles. The molecule has 4 rings (SSSR count). The van der Waals surface area contributed by atoms with Crippen molar-refractivity contribution in [3.63, 3.8) is 0 Å². The molecule has 0 aliphatic carbocycles. The number of halogens is 3. The number of ether oxygens (including phenoxy) is 1. The summed E-state index contributed by atoms with van der Waals surface area (Å²) in [5.74, 6) is 0.178. The van der Waals surface area contributed by atoms with Crippen LogP contribution in [0.15, 0.2) is 72.9 Å². The van der Waals surface area contributed by atoms with Gasteiger partial charge in [-0.25, -0.2) is 4.98 Å². The third-order valence-electron chi connectivity index (χ3n) is 5.87. The van der Waals surface area contributed by atoms with Crippen molar-refractivity contribution in [3.05, 3.63) is 84.2 Å². The molecule has 0 N–H and O–H groups in total. The summed E-state index contributed by atoms with van der Waals surface area (Å²) in [6.07, 6.45) is -3.04. The second-order valence-electron chi connectivity index (χ2n) is 10.1. The molecule has 0 saturated heterocycles. The molecular weight excluding hydrogens is 479 g/mol. The Hall–Kier alpha value is -3.23. The molecule has 188 valence electrons. The molecule has 4 nitrogen and oxygen atoms in total. The van der Waals surface area contributed by atoms with Crippen molar-refractivity contribution < 1.29 is 17.9 Å². The van der Waals surface area contributed by atoms with Crippen LogP contribution in [0.2, 0.25) is 25.7 Å². The molecule has 36 heavy (non-hydrogen) atoms. The minimum atomic E-state index is -4.62. The number of imidazole rings is 1. The predicted molar refractivity (Wildman–Crippen MR) is 140 cm³/mol. The number of nitrogens with zero attached hydrogens (tertiary/aromatic N) is 3. The Bertz CT molecular complexity index is 1290. The van der Waals surface area contributed by atoms with Crippen molar-refractivity contribution in [3.8, 4) is 33.9 Å². The van der Waals surface area contributed by atoms with Crippen LogP contribution in [0, 0.1) is 6.92 Å². The van der Waals surface area contributed by atoms with Crippen molar-refractivity contribution >= 4 is 8.07 Å². The lowest BCUT2D eigenvalue weighted by Gasteiger charge is -2.18. The minimum Gasteiger partial charge on any atom is -0.361 e. The first kappa shape index (κ1) is 25.8. The Morgan fingerprint density at radius 1 is 0.861 bits per heavy atom. The summed E-state index contributed by atoms with van der Waals surface area (Å²) in [5.41, 5.74) is 2.77. The smallest absolute Gasteiger partial charge is 0.361 e. The van der Waals surface area contributed by atoms with Crippen LogP contribution in [0.25, 0.3) is 33.9 Å². The molecule has 0 amide bonds. The van der Waals surface area contributed by atoms with Gasteiger partial charge in [0.25, 0.3) is 0 Å². The Kier molecular flexibility index (Phi) is 7.47. The van der Waals surface area contributed by atoms with Crippen LogP contribution in [0.1, 0.15) is 11.3 Å². The van der Waals surface area contributed by atoms with E-state index in [0.29, 0.717) is 17.7 Å². The number of alkyl halides is 3. The van der Waals surface area contributed by atoms with Crippen molar-refractivity contribution in [2.45, 2.75) is 45.5 Å². The van der Waals surface area contributed by atoms with Crippen LogP contribution in [0.3, 0.4) is 0 Å². The van der Waals surface area contributed by atoms with Gasteiger partial charge < -0.3 is 4.74 Å². The molecule has 0 aliphatic rings. The van der Waals surface area contributed by atoms with Gasteiger partial charge in [-0.15, -0.1) is 0 Å². The molecule has 4 aromatic rings. The van der Waals surface area contributed by atoms with E-state index in [-0.39, 0.29) is 18.2 Å². The molecule has 2 heterocycles. The molecule has 0 aliphatic heterocycles. The highest BCUT2D eigenvalue weighted by atomic mass is 28.3. The lowest BCUT2D eigenvalue weighted by Crippen LogP contribution is -2.23. The van der Waals surface area contributed by atoms with Crippen molar-refractivity contribution in [1.29, 1.82) is 0 Å². The van der Waals surface area contributed by atoms with Crippen LogP contribution in [-0.2, 0) is 17.6 Å². The molecular formula is C28H30F3N3OSi. The van der Waals surface area contributed by atoms with Gasteiger partial charge in [0.2, 0.25) is 0 Å². The van der Waals surface area contributed by atoms with Gasteiger partial charge in [0.05, 0.1) is 5.69 Å². The Morgan fingerprint density at radius 2 is 1.53 bits per heavy atom. The number of aromatic nitrogens is 3. The Balaban J connectivity index is 1.77. The van der Waals surface area contributed by atoms with Crippen LogP contribution < -0.4 is 0 Å². The summed E-state index contributed by atoms with van der Waals surface area (Å²) < 4.78 is 50.2.